The summed E-state index contributed by atoms with van der Waals surface area (Å²) >= 11 is 1.17. The molecule has 2 heterocycles. The highest BCUT2D eigenvalue weighted by atomic mass is 32.1. The number of nitrogens with zero attached hydrogens (tertiary/aromatic N) is 1. The van der Waals surface area contributed by atoms with Gasteiger partial charge in [-0.1, -0.05) is 11.3 Å². The number of benzene rings is 1. The number of thiazole rings is 1. The Hall–Kier alpha value is -1.62. The van der Waals surface area contributed by atoms with Crippen LogP contribution >= 0.6 is 11.3 Å². The van der Waals surface area contributed by atoms with Gasteiger partial charge >= 0.3 is 4.87 Å². The lowest BCUT2D eigenvalue weighted by atomic mass is 10.1. The summed E-state index contributed by atoms with van der Waals surface area (Å²) in [5, 5.41) is 1.75. The van der Waals surface area contributed by atoms with Crippen LogP contribution in [0.5, 0.6) is 5.75 Å². The van der Waals surface area contributed by atoms with E-state index in [2.05, 4.69) is 0 Å². The molecule has 3 nitrogen and oxygen atoms in total. The quantitative estimate of drug-likeness (QED) is 0.818. The van der Waals surface area contributed by atoms with Crippen LogP contribution in [0, 0.1) is 5.82 Å². The van der Waals surface area contributed by atoms with E-state index >= 15 is 0 Å². The van der Waals surface area contributed by atoms with E-state index in [1.54, 1.807) is 22.2 Å². The second-order valence-electron chi connectivity index (χ2n) is 4.02. The zero-order valence-electron chi connectivity index (χ0n) is 8.93. The Morgan fingerprint density at radius 3 is 3.18 bits per heavy atom. The van der Waals surface area contributed by atoms with Gasteiger partial charge in [-0.3, -0.25) is 4.79 Å². The van der Waals surface area contributed by atoms with Crippen LogP contribution in [0.3, 0.4) is 0 Å². The summed E-state index contributed by atoms with van der Waals surface area (Å²) in [5.74, 6) is 0.473. The maximum atomic E-state index is 13.0. The molecule has 88 valence electrons. The first-order chi connectivity index (χ1) is 8.22. The standard InChI is InChI=1S/C12H10FNO2S/c13-9-1-2-11-8(5-9)6-10(16-11)7-14-3-4-17-12(14)15/h1-5,10H,6-7H2. The highest BCUT2D eigenvalue weighted by molar-refractivity contribution is 7.07. The Morgan fingerprint density at radius 1 is 1.53 bits per heavy atom. The van der Waals surface area contributed by atoms with E-state index < -0.39 is 0 Å². The van der Waals surface area contributed by atoms with Gasteiger partial charge in [0, 0.05) is 23.6 Å². The molecule has 0 bridgehead atoms. The molecule has 17 heavy (non-hydrogen) atoms. The van der Waals surface area contributed by atoms with E-state index in [4.69, 9.17) is 4.74 Å². The number of ether oxygens (including phenoxy) is 1. The molecule has 0 amide bonds. The number of rotatable bonds is 2. The lowest BCUT2D eigenvalue weighted by molar-refractivity contribution is 0.208. The van der Waals surface area contributed by atoms with Crippen molar-refractivity contribution in [3.63, 3.8) is 0 Å². The summed E-state index contributed by atoms with van der Waals surface area (Å²) in [7, 11) is 0. The fourth-order valence-corrected chi connectivity index (χ4v) is 2.63. The predicted molar refractivity (Wildman–Crippen MR) is 63.1 cm³/mol. The smallest absolute Gasteiger partial charge is 0.307 e. The topological polar surface area (TPSA) is 31.2 Å². The molecule has 1 aromatic heterocycles. The monoisotopic (exact) mass is 251 g/mol. The summed E-state index contributed by atoms with van der Waals surface area (Å²) in [4.78, 5) is 11.4. The third-order valence-corrected chi connectivity index (χ3v) is 3.50. The molecule has 3 rings (SSSR count). The first-order valence-corrected chi connectivity index (χ1v) is 6.19. The van der Waals surface area contributed by atoms with Gasteiger partial charge in [0.15, 0.2) is 0 Å². The molecule has 2 aromatic rings. The molecule has 0 saturated heterocycles. The average Bonchev–Trinajstić information content (AvgIpc) is 2.85. The van der Waals surface area contributed by atoms with Gasteiger partial charge in [-0.05, 0) is 18.2 Å². The largest absolute Gasteiger partial charge is 0.488 e. The fourth-order valence-electron chi connectivity index (χ4n) is 2.04. The van der Waals surface area contributed by atoms with Crippen molar-refractivity contribution in [1.82, 2.24) is 4.57 Å². The van der Waals surface area contributed by atoms with Gasteiger partial charge in [-0.15, -0.1) is 0 Å². The minimum Gasteiger partial charge on any atom is -0.488 e. The van der Waals surface area contributed by atoms with Gasteiger partial charge in [0.05, 0.1) is 6.54 Å². The van der Waals surface area contributed by atoms with Crippen molar-refractivity contribution in [2.24, 2.45) is 0 Å². The van der Waals surface area contributed by atoms with Crippen LogP contribution in [0.1, 0.15) is 5.56 Å². The van der Waals surface area contributed by atoms with Gasteiger partial charge in [-0.25, -0.2) is 4.39 Å². The first-order valence-electron chi connectivity index (χ1n) is 5.31. The molecule has 1 aliphatic heterocycles. The van der Waals surface area contributed by atoms with Crippen LogP contribution in [-0.2, 0) is 13.0 Å². The van der Waals surface area contributed by atoms with Crippen LogP contribution in [-0.4, -0.2) is 10.7 Å². The van der Waals surface area contributed by atoms with E-state index in [1.807, 2.05) is 0 Å². The third kappa shape index (κ3) is 1.98. The minimum absolute atomic E-state index is 0.00994. The van der Waals surface area contributed by atoms with Crippen molar-refractivity contribution in [2.45, 2.75) is 19.1 Å². The second kappa shape index (κ2) is 4.00. The van der Waals surface area contributed by atoms with E-state index in [9.17, 15) is 9.18 Å². The molecule has 5 heteroatoms. The van der Waals surface area contributed by atoms with E-state index in [-0.39, 0.29) is 16.8 Å². The second-order valence-corrected chi connectivity index (χ2v) is 4.87. The average molecular weight is 251 g/mol. The third-order valence-electron chi connectivity index (χ3n) is 2.81. The van der Waals surface area contributed by atoms with Crippen molar-refractivity contribution in [2.75, 3.05) is 0 Å². The Kier molecular flexibility index (Phi) is 2.48. The molecule has 0 saturated carbocycles. The Labute approximate surface area is 101 Å². The number of fused-ring (bicyclic) bond motifs is 1. The summed E-state index contributed by atoms with van der Waals surface area (Å²) < 4.78 is 20.3. The molecular weight excluding hydrogens is 241 g/mol. The van der Waals surface area contributed by atoms with Crippen LogP contribution in [0.15, 0.2) is 34.6 Å². The van der Waals surface area contributed by atoms with Gasteiger partial charge in [0.25, 0.3) is 0 Å². The molecule has 1 aromatic carbocycles. The maximum Gasteiger partial charge on any atom is 0.307 e. The molecule has 0 aliphatic carbocycles. The summed E-state index contributed by atoms with van der Waals surface area (Å²) in [6.07, 6.45) is 2.31. The SMILES string of the molecule is O=c1sccn1CC1Cc2cc(F)ccc2O1. The minimum atomic E-state index is -0.249. The van der Waals surface area contributed by atoms with Crippen molar-refractivity contribution in [1.29, 1.82) is 0 Å². The van der Waals surface area contributed by atoms with E-state index in [1.165, 1.54) is 23.5 Å². The predicted octanol–water partition coefficient (Wildman–Crippen LogP) is 2.05. The van der Waals surface area contributed by atoms with Gasteiger partial charge in [0.1, 0.15) is 17.7 Å². The Balaban J connectivity index is 1.78. The molecule has 0 spiro atoms. The van der Waals surface area contributed by atoms with E-state index in [0.717, 1.165) is 11.3 Å². The van der Waals surface area contributed by atoms with Crippen molar-refractivity contribution in [3.05, 3.63) is 50.8 Å². The zero-order valence-corrected chi connectivity index (χ0v) is 9.74. The number of halogens is 1. The number of aromatic nitrogens is 1. The first kappa shape index (κ1) is 10.5. The molecule has 1 unspecified atom stereocenters. The number of hydrogen-bond donors (Lipinski definition) is 0. The van der Waals surface area contributed by atoms with Gasteiger partial charge < -0.3 is 9.30 Å². The lowest BCUT2D eigenvalue weighted by Crippen LogP contribution is -2.25. The molecular formula is C12H10FNO2S. The van der Waals surface area contributed by atoms with Crippen LogP contribution < -0.4 is 9.61 Å². The van der Waals surface area contributed by atoms with Crippen molar-refractivity contribution >= 4 is 11.3 Å². The van der Waals surface area contributed by atoms with Crippen LogP contribution in [0.25, 0.3) is 0 Å². The van der Waals surface area contributed by atoms with Crippen LogP contribution in [0.2, 0.25) is 0 Å². The summed E-state index contributed by atoms with van der Waals surface area (Å²) in [5.41, 5.74) is 0.873. The molecule has 0 radical (unpaired) electrons. The molecule has 1 atom stereocenters. The van der Waals surface area contributed by atoms with Crippen LogP contribution in [0.4, 0.5) is 4.39 Å². The van der Waals surface area contributed by atoms with Gasteiger partial charge in [-0.2, -0.15) is 0 Å². The number of hydrogen-bond acceptors (Lipinski definition) is 3. The zero-order chi connectivity index (χ0) is 11.8. The van der Waals surface area contributed by atoms with Gasteiger partial charge in [0.2, 0.25) is 0 Å². The van der Waals surface area contributed by atoms with E-state index in [0.29, 0.717) is 13.0 Å². The van der Waals surface area contributed by atoms with Crippen molar-refractivity contribution in [3.8, 4) is 5.75 Å². The lowest BCUT2D eigenvalue weighted by Gasteiger charge is -2.10. The molecule has 0 N–H and O–H groups in total. The van der Waals surface area contributed by atoms with Crippen molar-refractivity contribution < 1.29 is 9.13 Å². The highest BCUT2D eigenvalue weighted by Crippen LogP contribution is 2.29. The Morgan fingerprint density at radius 2 is 2.41 bits per heavy atom. The Bertz CT molecular complexity index is 605. The fraction of sp³-hybridized carbons (Fsp3) is 0.250. The summed E-state index contributed by atoms with van der Waals surface area (Å²) in [6, 6.07) is 4.52. The highest BCUT2D eigenvalue weighted by Gasteiger charge is 2.23. The molecule has 1 aliphatic rings. The maximum absolute atomic E-state index is 13.0. The molecule has 0 fully saturated rings. The normalized spacial score (nSPS) is 17.8. The summed E-state index contributed by atoms with van der Waals surface area (Å²) in [6.45, 7) is 0.513.